The van der Waals surface area contributed by atoms with Crippen molar-refractivity contribution in [3.63, 3.8) is 0 Å². The smallest absolute Gasteiger partial charge is 0.279 e. The predicted octanol–water partition coefficient (Wildman–Crippen LogP) is 4.70. The zero-order valence-corrected chi connectivity index (χ0v) is 19.8. The van der Waals surface area contributed by atoms with Crippen molar-refractivity contribution in [2.75, 3.05) is 10.6 Å². The van der Waals surface area contributed by atoms with Gasteiger partial charge in [-0.1, -0.05) is 42.5 Å². The summed E-state index contributed by atoms with van der Waals surface area (Å²) in [5.74, 6) is -0.524. The molecule has 2 heterocycles. The monoisotopic (exact) mass is 490 g/mol. The first-order valence-corrected chi connectivity index (χ1v) is 11.4. The third kappa shape index (κ3) is 5.35. The molecular weight excluding hydrogens is 468 g/mol. The zero-order valence-electron chi connectivity index (χ0n) is 19.8. The molecule has 182 valence electrons. The minimum absolute atomic E-state index is 0.266. The molecule has 5 aromatic rings. The number of carbonyl (C=O) groups is 1. The summed E-state index contributed by atoms with van der Waals surface area (Å²) in [7, 11) is 0. The molecule has 0 aliphatic carbocycles. The summed E-state index contributed by atoms with van der Waals surface area (Å²) in [6.07, 6.45) is 1.49. The Morgan fingerprint density at radius 3 is 2.38 bits per heavy atom. The molecule has 0 saturated heterocycles. The Balaban J connectivity index is 1.31. The van der Waals surface area contributed by atoms with E-state index >= 15 is 0 Å². The normalized spacial score (nSPS) is 10.6. The van der Waals surface area contributed by atoms with E-state index in [4.69, 9.17) is 0 Å². The minimum atomic E-state index is -0.650. The summed E-state index contributed by atoms with van der Waals surface area (Å²) in [5.41, 5.74) is 3.63. The van der Waals surface area contributed by atoms with E-state index in [-0.39, 0.29) is 5.69 Å². The van der Waals surface area contributed by atoms with Crippen LogP contribution < -0.4 is 16.2 Å². The molecule has 0 unspecified atom stereocenters. The summed E-state index contributed by atoms with van der Waals surface area (Å²) < 4.78 is 1.08. The molecule has 0 aliphatic rings. The average Bonchev–Trinajstić information content (AvgIpc) is 2.90. The van der Waals surface area contributed by atoms with Crippen LogP contribution >= 0.6 is 0 Å². The second kappa shape index (κ2) is 10.1. The Morgan fingerprint density at radius 1 is 0.865 bits per heavy atom. The number of aromatic nitrogens is 4. The van der Waals surface area contributed by atoms with E-state index < -0.39 is 17.2 Å². The number of rotatable bonds is 6. The fourth-order valence-corrected chi connectivity index (χ4v) is 3.72. The van der Waals surface area contributed by atoms with E-state index in [0.29, 0.717) is 17.2 Å². The number of benzene rings is 3. The lowest BCUT2D eigenvalue weighted by Gasteiger charge is -2.11. The van der Waals surface area contributed by atoms with Gasteiger partial charge in [-0.25, -0.2) is 9.97 Å². The molecule has 0 radical (unpaired) electrons. The van der Waals surface area contributed by atoms with Crippen LogP contribution in [0.25, 0.3) is 16.9 Å². The molecule has 1 amide bonds. The van der Waals surface area contributed by atoms with Crippen molar-refractivity contribution >= 4 is 23.1 Å². The maximum atomic E-state index is 12.9. The highest BCUT2D eigenvalue weighted by Gasteiger charge is 2.17. The molecule has 3 N–H and O–H groups in total. The van der Waals surface area contributed by atoms with Crippen molar-refractivity contribution in [3.8, 4) is 22.7 Å². The minimum Gasteiger partial charge on any atom is -0.505 e. The molecule has 9 nitrogen and oxygen atoms in total. The lowest BCUT2D eigenvalue weighted by atomic mass is 10.1. The summed E-state index contributed by atoms with van der Waals surface area (Å²) >= 11 is 0. The number of carbonyl (C=O) groups excluding carboxylic acids is 1. The number of nitrogens with one attached hydrogen (secondary N) is 2. The number of aromatic hydroxyl groups is 1. The van der Waals surface area contributed by atoms with Gasteiger partial charge in [-0.3, -0.25) is 9.59 Å². The van der Waals surface area contributed by atoms with Gasteiger partial charge in [0.15, 0.2) is 11.4 Å². The van der Waals surface area contributed by atoms with Crippen LogP contribution in [0.2, 0.25) is 0 Å². The molecule has 0 spiro atoms. The standard InChI is InChI=1S/C28H22N6O3/c1-18-6-5-9-22(14-18)34-26(36)16-24(35)27(33-34)28(37)32-21-12-10-20(11-13-21)31-25-15-23(29-17-30-25)19-7-3-2-4-8-19/h2-17,35H,1H3,(H,32,37)(H,29,30,31). The first kappa shape index (κ1) is 23.4. The highest BCUT2D eigenvalue weighted by Crippen LogP contribution is 2.22. The van der Waals surface area contributed by atoms with Gasteiger partial charge in [0.2, 0.25) is 0 Å². The predicted molar refractivity (Wildman–Crippen MR) is 141 cm³/mol. The van der Waals surface area contributed by atoms with Crippen LogP contribution in [0.4, 0.5) is 17.2 Å². The third-order valence-electron chi connectivity index (χ3n) is 5.52. The van der Waals surface area contributed by atoms with Crippen molar-refractivity contribution < 1.29 is 9.90 Å². The van der Waals surface area contributed by atoms with Crippen molar-refractivity contribution in [3.05, 3.63) is 119 Å². The van der Waals surface area contributed by atoms with Crippen LogP contribution in [0.5, 0.6) is 5.75 Å². The Kier molecular flexibility index (Phi) is 6.41. The van der Waals surface area contributed by atoms with Gasteiger partial charge in [-0.05, 0) is 48.9 Å². The molecule has 37 heavy (non-hydrogen) atoms. The molecule has 2 aromatic heterocycles. The Bertz CT molecular complexity index is 1630. The van der Waals surface area contributed by atoms with Crippen molar-refractivity contribution in [1.29, 1.82) is 0 Å². The van der Waals surface area contributed by atoms with Crippen LogP contribution in [0.3, 0.4) is 0 Å². The molecule has 3 aromatic carbocycles. The maximum absolute atomic E-state index is 12.9. The molecular formula is C28H22N6O3. The Morgan fingerprint density at radius 2 is 1.62 bits per heavy atom. The number of nitrogens with zero attached hydrogens (tertiary/aromatic N) is 4. The molecule has 0 saturated carbocycles. The van der Waals surface area contributed by atoms with Crippen molar-refractivity contribution in [2.24, 2.45) is 0 Å². The van der Waals surface area contributed by atoms with Crippen LogP contribution in [-0.4, -0.2) is 30.8 Å². The van der Waals surface area contributed by atoms with E-state index in [1.807, 2.05) is 49.4 Å². The van der Waals surface area contributed by atoms with E-state index in [0.717, 1.165) is 33.3 Å². The van der Waals surface area contributed by atoms with E-state index in [9.17, 15) is 14.7 Å². The topological polar surface area (TPSA) is 122 Å². The van der Waals surface area contributed by atoms with E-state index in [1.54, 1.807) is 42.5 Å². The highest BCUT2D eigenvalue weighted by molar-refractivity contribution is 6.04. The number of anilines is 3. The lowest BCUT2D eigenvalue weighted by Crippen LogP contribution is -2.25. The summed E-state index contributed by atoms with van der Waals surface area (Å²) in [5, 5.41) is 20.2. The van der Waals surface area contributed by atoms with Crippen LogP contribution in [-0.2, 0) is 0 Å². The Hall–Kier alpha value is -5.31. The second-order valence-corrected chi connectivity index (χ2v) is 8.28. The fourth-order valence-electron chi connectivity index (χ4n) is 3.72. The van der Waals surface area contributed by atoms with Gasteiger partial charge in [0.25, 0.3) is 11.5 Å². The van der Waals surface area contributed by atoms with Gasteiger partial charge in [0.1, 0.15) is 12.1 Å². The number of aryl methyl sites for hydroxylation is 1. The van der Waals surface area contributed by atoms with Gasteiger partial charge >= 0.3 is 0 Å². The second-order valence-electron chi connectivity index (χ2n) is 8.28. The first-order valence-electron chi connectivity index (χ1n) is 11.4. The molecule has 9 heteroatoms. The van der Waals surface area contributed by atoms with Gasteiger partial charge in [-0.15, -0.1) is 0 Å². The van der Waals surface area contributed by atoms with Gasteiger partial charge in [-0.2, -0.15) is 9.78 Å². The number of amides is 1. The Labute approximate surface area is 212 Å². The summed E-state index contributed by atoms with van der Waals surface area (Å²) in [6.45, 7) is 1.88. The molecule has 0 atom stereocenters. The third-order valence-corrected chi connectivity index (χ3v) is 5.52. The van der Waals surface area contributed by atoms with E-state index in [2.05, 4.69) is 25.7 Å². The van der Waals surface area contributed by atoms with Gasteiger partial charge in [0.05, 0.1) is 11.4 Å². The SMILES string of the molecule is Cc1cccc(-n2nc(C(=O)Nc3ccc(Nc4cc(-c5ccccc5)ncn4)cc3)c(O)cc2=O)c1. The molecule has 5 rings (SSSR count). The quantitative estimate of drug-likeness (QED) is 0.315. The molecule has 0 bridgehead atoms. The molecule has 0 aliphatic heterocycles. The highest BCUT2D eigenvalue weighted by atomic mass is 16.3. The van der Waals surface area contributed by atoms with Crippen molar-refractivity contribution in [2.45, 2.75) is 6.92 Å². The number of hydrogen-bond donors (Lipinski definition) is 3. The van der Waals surface area contributed by atoms with Gasteiger partial charge < -0.3 is 15.7 Å². The summed E-state index contributed by atoms with van der Waals surface area (Å²) in [6, 6.07) is 26.7. The number of hydrogen-bond acceptors (Lipinski definition) is 7. The zero-order chi connectivity index (χ0) is 25.8. The average molecular weight is 491 g/mol. The van der Waals surface area contributed by atoms with Crippen LogP contribution in [0.1, 0.15) is 16.1 Å². The fraction of sp³-hybridized carbons (Fsp3) is 0.0357. The summed E-state index contributed by atoms with van der Waals surface area (Å²) in [4.78, 5) is 33.8. The van der Waals surface area contributed by atoms with E-state index in [1.165, 1.54) is 6.33 Å². The van der Waals surface area contributed by atoms with Crippen LogP contribution in [0, 0.1) is 6.92 Å². The van der Waals surface area contributed by atoms with Gasteiger partial charge in [0, 0.05) is 29.1 Å². The van der Waals surface area contributed by atoms with Crippen LogP contribution in [0.15, 0.2) is 102 Å². The lowest BCUT2D eigenvalue weighted by molar-refractivity contribution is 0.101. The van der Waals surface area contributed by atoms with Crippen molar-refractivity contribution in [1.82, 2.24) is 19.7 Å². The first-order chi connectivity index (χ1) is 18.0. The molecule has 0 fully saturated rings. The maximum Gasteiger partial charge on any atom is 0.279 e. The largest absolute Gasteiger partial charge is 0.505 e.